The third-order valence-corrected chi connectivity index (χ3v) is 7.53. The van der Waals surface area contributed by atoms with Crippen LogP contribution in [0.1, 0.15) is 30.5 Å². The van der Waals surface area contributed by atoms with E-state index in [0.29, 0.717) is 11.3 Å². The van der Waals surface area contributed by atoms with Gasteiger partial charge in [0.1, 0.15) is 16.9 Å². The van der Waals surface area contributed by atoms with E-state index in [1.807, 2.05) is 66.7 Å². The number of para-hydroxylation sites is 1. The quantitative estimate of drug-likeness (QED) is 0.588. The minimum absolute atomic E-state index is 0.139. The van der Waals surface area contributed by atoms with E-state index in [1.54, 1.807) is 6.92 Å². The van der Waals surface area contributed by atoms with Crippen LogP contribution in [0.4, 0.5) is 5.69 Å². The molecule has 0 saturated carbocycles. The van der Waals surface area contributed by atoms with E-state index in [2.05, 4.69) is 10.6 Å². The summed E-state index contributed by atoms with van der Waals surface area (Å²) in [6.07, 6.45) is 0.274. The van der Waals surface area contributed by atoms with E-state index < -0.39 is 34.9 Å². The predicted octanol–water partition coefficient (Wildman–Crippen LogP) is 3.24. The molecule has 7 nitrogen and oxygen atoms in total. The molecule has 4 atom stereocenters. The highest BCUT2D eigenvalue weighted by Crippen LogP contribution is 2.60. The standard InChI is InChI=1S/C27H24N2O5/c1-2-33-23(30)21-26(13-14-34-25(26)32)29-22(18-12-11-16-7-3-4-8-17(16)15-18)27(21)19-9-5-6-10-20(19)28-24(27)31/h3-12,15,21-22,29H,2,13-14H2,1H3,(H,28,31)/t21-,22+,26+,27+/m1/s1. The topological polar surface area (TPSA) is 93.7 Å². The Morgan fingerprint density at radius 1 is 1.06 bits per heavy atom. The highest BCUT2D eigenvalue weighted by molar-refractivity contribution is 6.12. The van der Waals surface area contributed by atoms with Crippen LogP contribution < -0.4 is 10.6 Å². The van der Waals surface area contributed by atoms with Crippen molar-refractivity contribution >= 4 is 34.3 Å². The maximum absolute atomic E-state index is 14.0. The van der Waals surface area contributed by atoms with Gasteiger partial charge in [0.15, 0.2) is 0 Å². The number of nitrogens with one attached hydrogen (secondary N) is 2. The number of benzene rings is 3. The van der Waals surface area contributed by atoms with Gasteiger partial charge in [-0.25, -0.2) is 0 Å². The van der Waals surface area contributed by atoms with Crippen molar-refractivity contribution in [3.63, 3.8) is 0 Å². The molecule has 3 aliphatic rings. The summed E-state index contributed by atoms with van der Waals surface area (Å²) in [6.45, 7) is 2.03. The van der Waals surface area contributed by atoms with Gasteiger partial charge in [0.05, 0.1) is 19.3 Å². The predicted molar refractivity (Wildman–Crippen MR) is 125 cm³/mol. The first-order valence-electron chi connectivity index (χ1n) is 11.5. The Kier molecular flexibility index (Phi) is 4.54. The van der Waals surface area contributed by atoms with Crippen LogP contribution in [-0.2, 0) is 29.3 Å². The fourth-order valence-electron chi connectivity index (χ4n) is 6.16. The lowest BCUT2D eigenvalue weighted by molar-refractivity contribution is -0.159. The monoisotopic (exact) mass is 456 g/mol. The molecule has 34 heavy (non-hydrogen) atoms. The van der Waals surface area contributed by atoms with Gasteiger partial charge in [0, 0.05) is 12.1 Å². The highest BCUT2D eigenvalue weighted by Gasteiger charge is 2.75. The van der Waals surface area contributed by atoms with Crippen LogP contribution in [0.5, 0.6) is 0 Å². The zero-order valence-electron chi connectivity index (χ0n) is 18.7. The number of carbonyl (C=O) groups is 3. The van der Waals surface area contributed by atoms with Crippen LogP contribution in [-0.4, -0.2) is 36.6 Å². The maximum atomic E-state index is 14.0. The first-order chi connectivity index (χ1) is 16.5. The third kappa shape index (κ3) is 2.58. The first-order valence-corrected chi connectivity index (χ1v) is 11.5. The van der Waals surface area contributed by atoms with Gasteiger partial charge in [-0.2, -0.15) is 0 Å². The third-order valence-electron chi connectivity index (χ3n) is 7.53. The second-order valence-corrected chi connectivity index (χ2v) is 9.09. The summed E-state index contributed by atoms with van der Waals surface area (Å²) in [4.78, 5) is 40.8. The number of fused-ring (bicyclic) bond motifs is 3. The molecule has 3 heterocycles. The largest absolute Gasteiger partial charge is 0.466 e. The molecule has 2 fully saturated rings. The molecule has 0 aliphatic carbocycles. The van der Waals surface area contributed by atoms with Gasteiger partial charge in [-0.05, 0) is 41.0 Å². The number of hydrogen-bond acceptors (Lipinski definition) is 6. The van der Waals surface area contributed by atoms with Crippen LogP contribution in [0.25, 0.3) is 10.8 Å². The second-order valence-electron chi connectivity index (χ2n) is 9.09. The Labute approximate surface area is 196 Å². The molecule has 0 aromatic heterocycles. The second kappa shape index (κ2) is 7.40. The average Bonchev–Trinajstić information content (AvgIpc) is 3.47. The van der Waals surface area contributed by atoms with Crippen molar-refractivity contribution in [1.82, 2.24) is 5.32 Å². The van der Waals surface area contributed by atoms with Gasteiger partial charge < -0.3 is 14.8 Å². The zero-order chi connectivity index (χ0) is 23.5. The van der Waals surface area contributed by atoms with Gasteiger partial charge in [0.2, 0.25) is 5.91 Å². The molecule has 2 saturated heterocycles. The van der Waals surface area contributed by atoms with Gasteiger partial charge in [0.25, 0.3) is 0 Å². The fraction of sp³-hybridized carbons (Fsp3) is 0.296. The molecule has 3 aromatic rings. The molecule has 2 spiro atoms. The molecular formula is C27H24N2O5. The summed E-state index contributed by atoms with van der Waals surface area (Å²) in [5.41, 5.74) is -0.610. The molecule has 0 unspecified atom stereocenters. The normalized spacial score (nSPS) is 29.4. The lowest BCUT2D eigenvalue weighted by Gasteiger charge is -2.35. The van der Waals surface area contributed by atoms with E-state index in [-0.39, 0.29) is 25.5 Å². The molecular weight excluding hydrogens is 432 g/mol. The average molecular weight is 456 g/mol. The molecule has 0 radical (unpaired) electrons. The van der Waals surface area contributed by atoms with Gasteiger partial charge in [-0.3, -0.25) is 19.7 Å². The minimum atomic E-state index is -1.38. The van der Waals surface area contributed by atoms with E-state index in [1.165, 1.54) is 0 Å². The molecule has 6 rings (SSSR count). The van der Waals surface area contributed by atoms with E-state index in [4.69, 9.17) is 9.47 Å². The number of rotatable bonds is 3. The molecule has 3 aliphatic heterocycles. The van der Waals surface area contributed by atoms with Crippen molar-refractivity contribution in [2.45, 2.75) is 30.3 Å². The minimum Gasteiger partial charge on any atom is -0.466 e. The van der Waals surface area contributed by atoms with Crippen LogP contribution in [0.3, 0.4) is 0 Å². The van der Waals surface area contributed by atoms with E-state index in [0.717, 1.165) is 16.3 Å². The molecule has 0 bridgehead atoms. The van der Waals surface area contributed by atoms with Crippen LogP contribution in [0, 0.1) is 5.92 Å². The maximum Gasteiger partial charge on any atom is 0.327 e. The van der Waals surface area contributed by atoms with Gasteiger partial charge >= 0.3 is 11.9 Å². The van der Waals surface area contributed by atoms with Crippen molar-refractivity contribution in [3.05, 3.63) is 77.9 Å². The number of ether oxygens (including phenoxy) is 2. The molecule has 172 valence electrons. The Balaban J connectivity index is 1.65. The number of cyclic esters (lactones) is 1. The first kappa shape index (κ1) is 20.9. The fourth-order valence-corrected chi connectivity index (χ4v) is 6.16. The number of amides is 1. The van der Waals surface area contributed by atoms with Crippen molar-refractivity contribution < 1.29 is 23.9 Å². The van der Waals surface area contributed by atoms with Crippen molar-refractivity contribution in [1.29, 1.82) is 0 Å². The van der Waals surface area contributed by atoms with Crippen molar-refractivity contribution in [2.24, 2.45) is 5.92 Å². The van der Waals surface area contributed by atoms with Gasteiger partial charge in [-0.1, -0.05) is 54.6 Å². The Morgan fingerprint density at radius 2 is 1.82 bits per heavy atom. The van der Waals surface area contributed by atoms with Crippen LogP contribution in [0.2, 0.25) is 0 Å². The van der Waals surface area contributed by atoms with Crippen molar-refractivity contribution in [3.8, 4) is 0 Å². The molecule has 7 heteroatoms. The Morgan fingerprint density at radius 3 is 2.59 bits per heavy atom. The number of esters is 2. The van der Waals surface area contributed by atoms with E-state index in [9.17, 15) is 14.4 Å². The number of anilines is 1. The summed E-state index contributed by atoms with van der Waals surface area (Å²) in [5, 5.41) is 8.50. The van der Waals surface area contributed by atoms with Crippen LogP contribution in [0.15, 0.2) is 66.7 Å². The van der Waals surface area contributed by atoms with Crippen molar-refractivity contribution in [2.75, 3.05) is 18.5 Å². The Hall–Kier alpha value is -3.71. The summed E-state index contributed by atoms with van der Waals surface area (Å²) in [5.74, 6) is -2.52. The Bertz CT molecular complexity index is 1350. The molecule has 1 amide bonds. The SMILES string of the molecule is CCOC(=O)[C@H]1[C@]2(C(=O)Nc3ccccc32)[C@H](c2ccc3ccccc3c2)N[C@@]12CCOC2=O. The highest BCUT2D eigenvalue weighted by atomic mass is 16.5. The smallest absolute Gasteiger partial charge is 0.327 e. The molecule has 3 aromatic carbocycles. The lowest BCUT2D eigenvalue weighted by Crippen LogP contribution is -2.56. The summed E-state index contributed by atoms with van der Waals surface area (Å²) < 4.78 is 10.9. The number of carbonyl (C=O) groups excluding carboxylic acids is 3. The molecule has 2 N–H and O–H groups in total. The summed E-state index contributed by atoms with van der Waals surface area (Å²) in [6, 6.07) is 20.6. The summed E-state index contributed by atoms with van der Waals surface area (Å²) in [7, 11) is 0. The number of hydrogen-bond donors (Lipinski definition) is 2. The lowest BCUT2D eigenvalue weighted by atomic mass is 9.62. The van der Waals surface area contributed by atoms with Gasteiger partial charge in [-0.15, -0.1) is 0 Å². The zero-order valence-corrected chi connectivity index (χ0v) is 18.7. The van der Waals surface area contributed by atoms with E-state index >= 15 is 0 Å². The van der Waals surface area contributed by atoms with Crippen LogP contribution >= 0.6 is 0 Å². The summed E-state index contributed by atoms with van der Waals surface area (Å²) >= 11 is 0.